The number of anilines is 3. The van der Waals surface area contributed by atoms with Crippen molar-refractivity contribution in [3.05, 3.63) is 296 Å². The second kappa shape index (κ2) is 18.7. The van der Waals surface area contributed by atoms with Crippen LogP contribution < -0.4 is 4.90 Å². The summed E-state index contributed by atoms with van der Waals surface area (Å²) in [6.07, 6.45) is 0. The summed E-state index contributed by atoms with van der Waals surface area (Å²) >= 11 is 0. The molecule has 0 saturated carbocycles. The van der Waals surface area contributed by atoms with Gasteiger partial charge in [0.25, 0.3) is 0 Å². The van der Waals surface area contributed by atoms with E-state index >= 15 is 0 Å². The predicted octanol–water partition coefficient (Wildman–Crippen LogP) is 19.8. The van der Waals surface area contributed by atoms with Crippen molar-refractivity contribution in [1.82, 2.24) is 18.3 Å². The van der Waals surface area contributed by atoms with E-state index in [1.54, 1.807) is 0 Å². The van der Waals surface area contributed by atoms with Crippen molar-refractivity contribution >= 4 is 104 Å². The molecule has 0 bridgehead atoms. The smallest absolute Gasteiger partial charge is 0.0541 e. The van der Waals surface area contributed by atoms with Gasteiger partial charge in [-0.15, -0.1) is 0 Å². The van der Waals surface area contributed by atoms with Gasteiger partial charge in [-0.25, -0.2) is 0 Å². The SMILES string of the molecule is Cc1cc(-n2c3ccccc3c3ccccc32)cc(-n2c3ccccc3c3ccccc32)c1.Cc1ccc(N(c2ccc(-n3c4ccccc4c4ccccc43)cc2)c2ccc(-n3c4ccccc4c4ccccc43)cc2)cc1. The Bertz CT molecular complexity index is 4470. The number of para-hydroxylation sites is 8. The average Bonchev–Trinajstić information content (AvgIpc) is 4.45. The van der Waals surface area contributed by atoms with Gasteiger partial charge in [0.05, 0.1) is 44.1 Å². The van der Waals surface area contributed by atoms with E-state index in [1.165, 1.54) is 110 Å². The Morgan fingerprint density at radius 2 is 0.418 bits per heavy atom. The lowest BCUT2D eigenvalue weighted by Gasteiger charge is -2.26. The molecule has 0 N–H and O–H groups in total. The lowest BCUT2D eigenvalue weighted by Crippen LogP contribution is -2.10. The molecule has 0 amide bonds. The lowest BCUT2D eigenvalue weighted by atomic mass is 10.1. The molecule has 374 valence electrons. The van der Waals surface area contributed by atoms with Crippen LogP contribution >= 0.6 is 0 Å². The molecule has 0 fully saturated rings. The summed E-state index contributed by atoms with van der Waals surface area (Å²) in [5.74, 6) is 0. The molecular weight excluding hydrogens is 959 g/mol. The molecule has 0 spiro atoms. The summed E-state index contributed by atoms with van der Waals surface area (Å²) < 4.78 is 9.53. The highest BCUT2D eigenvalue weighted by Gasteiger charge is 2.19. The van der Waals surface area contributed by atoms with Crippen molar-refractivity contribution in [3.8, 4) is 22.7 Å². The summed E-state index contributed by atoms with van der Waals surface area (Å²) in [6, 6.07) is 103. The van der Waals surface area contributed by atoms with Crippen LogP contribution in [0.1, 0.15) is 11.1 Å². The van der Waals surface area contributed by atoms with Gasteiger partial charge >= 0.3 is 0 Å². The van der Waals surface area contributed by atoms with Crippen LogP contribution in [-0.4, -0.2) is 18.3 Å². The standard InChI is InChI=1S/C43H31N3.C31H22N2/c1-30-18-20-31(21-19-30)44(32-22-26-34(27-23-32)45-40-14-6-2-10-36(40)37-11-3-7-15-41(37)45)33-24-28-35(29-25-33)46-42-16-8-4-12-38(42)39-13-5-9-17-43(39)46;1-21-18-22(32-28-14-6-2-10-24(28)25-11-3-7-15-29(25)32)20-23(19-21)33-30-16-8-4-12-26(30)27-13-5-9-17-31(27)33/h2-29H,1H3;2-20H,1H3. The monoisotopic (exact) mass is 1010 g/mol. The van der Waals surface area contributed by atoms with E-state index in [-0.39, 0.29) is 0 Å². The number of nitrogens with zero attached hydrogens (tertiary/aromatic N) is 5. The van der Waals surface area contributed by atoms with Gasteiger partial charge in [-0.1, -0.05) is 163 Å². The minimum Gasteiger partial charge on any atom is -0.311 e. The van der Waals surface area contributed by atoms with Crippen molar-refractivity contribution in [2.45, 2.75) is 13.8 Å². The van der Waals surface area contributed by atoms with E-state index in [9.17, 15) is 0 Å². The number of fused-ring (bicyclic) bond motifs is 12. The van der Waals surface area contributed by atoms with E-state index in [0.29, 0.717) is 0 Å². The molecule has 5 nitrogen and oxygen atoms in total. The summed E-state index contributed by atoms with van der Waals surface area (Å²) in [4.78, 5) is 2.34. The number of aromatic nitrogens is 4. The first kappa shape index (κ1) is 46.0. The zero-order valence-corrected chi connectivity index (χ0v) is 43.9. The van der Waals surface area contributed by atoms with E-state index in [0.717, 1.165) is 28.4 Å². The zero-order chi connectivity index (χ0) is 52.6. The van der Waals surface area contributed by atoms with Gasteiger partial charge in [-0.2, -0.15) is 0 Å². The number of hydrogen-bond acceptors (Lipinski definition) is 1. The van der Waals surface area contributed by atoms with E-state index < -0.39 is 0 Å². The summed E-state index contributed by atoms with van der Waals surface area (Å²) in [7, 11) is 0. The maximum atomic E-state index is 2.40. The zero-order valence-electron chi connectivity index (χ0n) is 43.9. The fraction of sp³-hybridized carbons (Fsp3) is 0.0270. The normalized spacial score (nSPS) is 11.7. The minimum absolute atomic E-state index is 1.11. The first-order valence-corrected chi connectivity index (χ1v) is 27.2. The average molecular weight is 1010 g/mol. The topological polar surface area (TPSA) is 23.0 Å². The van der Waals surface area contributed by atoms with Crippen LogP contribution in [0, 0.1) is 13.8 Å². The molecule has 0 saturated heterocycles. The third-order valence-corrected chi connectivity index (χ3v) is 15.9. The predicted molar refractivity (Wildman–Crippen MR) is 334 cm³/mol. The van der Waals surface area contributed by atoms with Crippen LogP contribution in [0.5, 0.6) is 0 Å². The van der Waals surface area contributed by atoms with Crippen molar-refractivity contribution < 1.29 is 0 Å². The van der Waals surface area contributed by atoms with Crippen molar-refractivity contribution in [3.63, 3.8) is 0 Å². The van der Waals surface area contributed by atoms with Crippen LogP contribution in [0.2, 0.25) is 0 Å². The van der Waals surface area contributed by atoms with Gasteiger partial charge < -0.3 is 23.2 Å². The molecular formula is C74H53N5. The van der Waals surface area contributed by atoms with Crippen LogP contribution in [0.4, 0.5) is 17.1 Å². The highest BCUT2D eigenvalue weighted by molar-refractivity contribution is 6.12. The van der Waals surface area contributed by atoms with Gasteiger partial charge in [0.2, 0.25) is 0 Å². The van der Waals surface area contributed by atoms with Gasteiger partial charge in [0, 0.05) is 82.9 Å². The summed E-state index contributed by atoms with van der Waals surface area (Å²) in [5, 5.41) is 10.2. The van der Waals surface area contributed by atoms with Crippen LogP contribution in [-0.2, 0) is 0 Å². The third-order valence-electron chi connectivity index (χ3n) is 15.9. The van der Waals surface area contributed by atoms with Gasteiger partial charge in [-0.3, -0.25) is 0 Å². The van der Waals surface area contributed by atoms with Crippen molar-refractivity contribution in [2.24, 2.45) is 0 Å². The maximum absolute atomic E-state index is 2.40. The molecule has 0 unspecified atom stereocenters. The van der Waals surface area contributed by atoms with Gasteiger partial charge in [-0.05, 0) is 147 Å². The summed E-state index contributed by atoms with van der Waals surface area (Å²) in [5.41, 5.74) is 20.3. The molecule has 0 aliphatic rings. The quantitative estimate of drug-likeness (QED) is 0.156. The van der Waals surface area contributed by atoms with E-state index in [2.05, 4.69) is 322 Å². The fourth-order valence-electron chi connectivity index (χ4n) is 12.4. The lowest BCUT2D eigenvalue weighted by molar-refractivity contribution is 1.12. The van der Waals surface area contributed by atoms with Crippen molar-refractivity contribution in [1.29, 1.82) is 0 Å². The van der Waals surface area contributed by atoms with E-state index in [1.807, 2.05) is 0 Å². The second-order valence-electron chi connectivity index (χ2n) is 20.7. The molecule has 79 heavy (non-hydrogen) atoms. The van der Waals surface area contributed by atoms with Gasteiger partial charge in [0.15, 0.2) is 0 Å². The minimum atomic E-state index is 1.11. The maximum Gasteiger partial charge on any atom is 0.0541 e. The number of rotatable bonds is 7. The van der Waals surface area contributed by atoms with Crippen LogP contribution in [0.15, 0.2) is 285 Å². The first-order valence-electron chi connectivity index (χ1n) is 27.2. The Morgan fingerprint density at radius 3 is 0.671 bits per heavy atom. The fourth-order valence-corrected chi connectivity index (χ4v) is 12.4. The number of benzene rings is 12. The largest absolute Gasteiger partial charge is 0.311 e. The molecule has 0 aliphatic carbocycles. The Labute approximate surface area is 457 Å². The first-order chi connectivity index (χ1) is 39.0. The Balaban J connectivity index is 0.000000144. The molecule has 0 aliphatic heterocycles. The molecule has 0 radical (unpaired) electrons. The van der Waals surface area contributed by atoms with Crippen molar-refractivity contribution in [2.75, 3.05) is 4.90 Å². The Hall–Kier alpha value is -10.4. The Kier molecular flexibility index (Phi) is 10.9. The highest BCUT2D eigenvalue weighted by Crippen LogP contribution is 2.40. The molecule has 16 aromatic rings. The number of hydrogen-bond donors (Lipinski definition) is 0. The molecule has 5 heteroatoms. The van der Waals surface area contributed by atoms with Gasteiger partial charge in [0.1, 0.15) is 0 Å². The molecule has 4 aromatic heterocycles. The van der Waals surface area contributed by atoms with E-state index in [4.69, 9.17) is 0 Å². The molecule has 0 atom stereocenters. The second-order valence-corrected chi connectivity index (χ2v) is 20.7. The van der Waals surface area contributed by atoms with Crippen LogP contribution in [0.3, 0.4) is 0 Å². The number of aryl methyl sites for hydroxylation is 2. The summed E-state index contributed by atoms with van der Waals surface area (Å²) in [6.45, 7) is 4.32. The molecule has 12 aromatic carbocycles. The Morgan fingerprint density at radius 1 is 0.203 bits per heavy atom. The van der Waals surface area contributed by atoms with Crippen LogP contribution in [0.25, 0.3) is 110 Å². The third kappa shape index (κ3) is 7.61. The molecule has 16 rings (SSSR count). The molecule has 4 heterocycles. The highest BCUT2D eigenvalue weighted by atomic mass is 15.1.